The van der Waals surface area contributed by atoms with Crippen molar-refractivity contribution in [2.75, 3.05) is 27.2 Å². The standard InChI is InChI=1S/C20H30N4O3/c1-14(26-18-9-6-8-17(12-18)25-5)13-23-20(21-4)22-11-7-10-19-15(2)24-27-16(19)3/h6,8-9,12,14H,7,10-11,13H2,1-5H3,(H2,21,22,23). The first-order valence-corrected chi connectivity index (χ1v) is 9.20. The molecule has 2 aromatic rings. The maximum Gasteiger partial charge on any atom is 0.191 e. The van der Waals surface area contributed by atoms with Gasteiger partial charge in [0, 0.05) is 25.2 Å². The van der Waals surface area contributed by atoms with Gasteiger partial charge in [-0.15, -0.1) is 0 Å². The van der Waals surface area contributed by atoms with Gasteiger partial charge in [-0.05, 0) is 45.7 Å². The SMILES string of the molecule is CN=C(NCCCc1c(C)noc1C)NCC(C)Oc1cccc(OC)c1. The predicted octanol–water partition coefficient (Wildman–Crippen LogP) is 2.87. The smallest absolute Gasteiger partial charge is 0.191 e. The summed E-state index contributed by atoms with van der Waals surface area (Å²) in [7, 11) is 3.41. The van der Waals surface area contributed by atoms with Crippen LogP contribution in [0.4, 0.5) is 0 Å². The monoisotopic (exact) mass is 374 g/mol. The number of guanidine groups is 1. The van der Waals surface area contributed by atoms with E-state index in [1.165, 1.54) is 5.56 Å². The number of rotatable bonds is 9. The topological polar surface area (TPSA) is 80.9 Å². The molecule has 0 bridgehead atoms. The van der Waals surface area contributed by atoms with Gasteiger partial charge in [0.25, 0.3) is 0 Å². The summed E-state index contributed by atoms with van der Waals surface area (Å²) in [5, 5.41) is 10.6. The number of nitrogens with zero attached hydrogens (tertiary/aromatic N) is 2. The number of aromatic nitrogens is 1. The molecule has 148 valence electrons. The molecule has 1 heterocycles. The molecule has 0 saturated carbocycles. The molecule has 7 nitrogen and oxygen atoms in total. The van der Waals surface area contributed by atoms with Crippen molar-refractivity contribution >= 4 is 5.96 Å². The van der Waals surface area contributed by atoms with E-state index in [2.05, 4.69) is 20.8 Å². The van der Waals surface area contributed by atoms with Crippen molar-refractivity contribution < 1.29 is 14.0 Å². The lowest BCUT2D eigenvalue weighted by Crippen LogP contribution is -2.42. The van der Waals surface area contributed by atoms with Crippen molar-refractivity contribution in [3.05, 3.63) is 41.3 Å². The lowest BCUT2D eigenvalue weighted by molar-refractivity contribution is 0.223. The van der Waals surface area contributed by atoms with Gasteiger partial charge in [-0.3, -0.25) is 4.99 Å². The zero-order valence-corrected chi connectivity index (χ0v) is 16.8. The first-order valence-electron chi connectivity index (χ1n) is 9.20. The van der Waals surface area contributed by atoms with Crippen molar-refractivity contribution in [3.8, 4) is 11.5 Å². The molecule has 0 fully saturated rings. The molecular weight excluding hydrogens is 344 g/mol. The van der Waals surface area contributed by atoms with Gasteiger partial charge in [0.15, 0.2) is 5.96 Å². The van der Waals surface area contributed by atoms with Crippen LogP contribution in [0.3, 0.4) is 0 Å². The maximum atomic E-state index is 5.91. The minimum atomic E-state index is -0.0158. The summed E-state index contributed by atoms with van der Waals surface area (Å²) in [6.07, 6.45) is 1.89. The van der Waals surface area contributed by atoms with Crippen molar-refractivity contribution in [2.24, 2.45) is 4.99 Å². The zero-order valence-electron chi connectivity index (χ0n) is 16.8. The number of hydrogen-bond acceptors (Lipinski definition) is 5. The second-order valence-electron chi connectivity index (χ2n) is 6.39. The summed E-state index contributed by atoms with van der Waals surface area (Å²) in [5.74, 6) is 3.22. The normalized spacial score (nSPS) is 12.6. The van der Waals surface area contributed by atoms with E-state index >= 15 is 0 Å². The van der Waals surface area contributed by atoms with Crippen LogP contribution in [0.2, 0.25) is 0 Å². The van der Waals surface area contributed by atoms with Gasteiger partial charge >= 0.3 is 0 Å². The molecule has 7 heteroatoms. The zero-order chi connectivity index (χ0) is 19.6. The molecule has 0 spiro atoms. The first-order chi connectivity index (χ1) is 13.0. The second-order valence-corrected chi connectivity index (χ2v) is 6.39. The molecular formula is C20H30N4O3. The Kier molecular flexibility index (Phi) is 7.98. The Morgan fingerprint density at radius 3 is 2.70 bits per heavy atom. The van der Waals surface area contributed by atoms with E-state index in [0.29, 0.717) is 6.54 Å². The third kappa shape index (κ3) is 6.51. The first kappa shape index (κ1) is 20.6. The fourth-order valence-electron chi connectivity index (χ4n) is 2.74. The quantitative estimate of drug-likeness (QED) is 0.399. The van der Waals surface area contributed by atoms with Crippen molar-refractivity contribution in [1.82, 2.24) is 15.8 Å². The summed E-state index contributed by atoms with van der Waals surface area (Å²) in [4.78, 5) is 4.25. The van der Waals surface area contributed by atoms with Crippen LogP contribution in [0.15, 0.2) is 33.8 Å². The van der Waals surface area contributed by atoms with Gasteiger partial charge in [0.2, 0.25) is 0 Å². The molecule has 0 amide bonds. The Balaban J connectivity index is 1.70. The predicted molar refractivity (Wildman–Crippen MR) is 107 cm³/mol. The minimum absolute atomic E-state index is 0.0158. The average Bonchev–Trinajstić information content (AvgIpc) is 2.99. The van der Waals surface area contributed by atoms with Crippen molar-refractivity contribution in [2.45, 2.75) is 39.7 Å². The van der Waals surface area contributed by atoms with Crippen molar-refractivity contribution in [3.63, 3.8) is 0 Å². The number of aryl methyl sites for hydroxylation is 2. The molecule has 2 N–H and O–H groups in total. The molecule has 1 aromatic heterocycles. The van der Waals surface area contributed by atoms with Gasteiger partial charge in [0.1, 0.15) is 23.4 Å². The Morgan fingerprint density at radius 1 is 1.26 bits per heavy atom. The van der Waals surface area contributed by atoms with E-state index in [4.69, 9.17) is 14.0 Å². The molecule has 0 saturated heterocycles. The highest BCUT2D eigenvalue weighted by Gasteiger charge is 2.09. The molecule has 1 atom stereocenters. The maximum absolute atomic E-state index is 5.91. The largest absolute Gasteiger partial charge is 0.497 e. The van der Waals surface area contributed by atoms with E-state index in [-0.39, 0.29) is 6.10 Å². The highest BCUT2D eigenvalue weighted by Crippen LogP contribution is 2.19. The number of nitrogens with one attached hydrogen (secondary N) is 2. The summed E-state index contributed by atoms with van der Waals surface area (Å²) in [6, 6.07) is 7.59. The van der Waals surface area contributed by atoms with Gasteiger partial charge in [-0.25, -0.2) is 0 Å². The molecule has 0 radical (unpaired) electrons. The lowest BCUT2D eigenvalue weighted by Gasteiger charge is -2.18. The Bertz CT molecular complexity index is 723. The fraction of sp³-hybridized carbons (Fsp3) is 0.500. The molecule has 27 heavy (non-hydrogen) atoms. The van der Waals surface area contributed by atoms with Gasteiger partial charge < -0.3 is 24.6 Å². The van der Waals surface area contributed by atoms with Crippen LogP contribution in [-0.2, 0) is 6.42 Å². The second kappa shape index (κ2) is 10.4. The third-order valence-electron chi connectivity index (χ3n) is 4.24. The Morgan fingerprint density at radius 2 is 2.04 bits per heavy atom. The highest BCUT2D eigenvalue weighted by molar-refractivity contribution is 5.79. The summed E-state index contributed by atoms with van der Waals surface area (Å²) in [6.45, 7) is 7.39. The molecule has 2 rings (SSSR count). The van der Waals surface area contributed by atoms with Crippen LogP contribution in [0.5, 0.6) is 11.5 Å². The third-order valence-corrected chi connectivity index (χ3v) is 4.24. The van der Waals surface area contributed by atoms with Crippen LogP contribution < -0.4 is 20.1 Å². The number of ether oxygens (including phenoxy) is 2. The summed E-state index contributed by atoms with van der Waals surface area (Å²) in [5.41, 5.74) is 2.17. The Labute approximate surface area is 161 Å². The highest BCUT2D eigenvalue weighted by atomic mass is 16.5. The van der Waals surface area contributed by atoms with E-state index in [9.17, 15) is 0 Å². The fourth-order valence-corrected chi connectivity index (χ4v) is 2.74. The molecule has 0 aliphatic carbocycles. The van der Waals surface area contributed by atoms with Crippen LogP contribution in [0, 0.1) is 13.8 Å². The molecule has 0 aliphatic rings. The van der Waals surface area contributed by atoms with Gasteiger partial charge in [0.05, 0.1) is 19.3 Å². The average molecular weight is 374 g/mol. The summed E-state index contributed by atoms with van der Waals surface area (Å²) >= 11 is 0. The lowest BCUT2D eigenvalue weighted by atomic mass is 10.1. The van der Waals surface area contributed by atoms with E-state index in [0.717, 1.165) is 48.3 Å². The molecule has 1 aromatic carbocycles. The van der Waals surface area contributed by atoms with Gasteiger partial charge in [-0.1, -0.05) is 11.2 Å². The molecule has 0 aliphatic heterocycles. The van der Waals surface area contributed by atoms with E-state index < -0.39 is 0 Å². The van der Waals surface area contributed by atoms with Crippen LogP contribution in [0.25, 0.3) is 0 Å². The number of aliphatic imine (C=N–C) groups is 1. The van der Waals surface area contributed by atoms with E-state index in [1.807, 2.05) is 45.0 Å². The van der Waals surface area contributed by atoms with Crippen LogP contribution in [-0.4, -0.2) is 44.5 Å². The summed E-state index contributed by atoms with van der Waals surface area (Å²) < 4.78 is 16.3. The number of benzene rings is 1. The number of methoxy groups -OCH3 is 1. The Hall–Kier alpha value is -2.70. The molecule has 1 unspecified atom stereocenters. The minimum Gasteiger partial charge on any atom is -0.497 e. The number of hydrogen-bond donors (Lipinski definition) is 2. The van der Waals surface area contributed by atoms with Gasteiger partial charge in [-0.2, -0.15) is 0 Å². The van der Waals surface area contributed by atoms with Crippen LogP contribution >= 0.6 is 0 Å². The van der Waals surface area contributed by atoms with Crippen molar-refractivity contribution in [1.29, 1.82) is 0 Å². The van der Waals surface area contributed by atoms with Crippen LogP contribution in [0.1, 0.15) is 30.4 Å². The van der Waals surface area contributed by atoms with E-state index in [1.54, 1.807) is 14.2 Å².